The molecule has 0 radical (unpaired) electrons. The summed E-state index contributed by atoms with van der Waals surface area (Å²) in [6, 6.07) is 15.3. The Morgan fingerprint density at radius 2 is 1.74 bits per heavy atom. The van der Waals surface area contributed by atoms with E-state index in [0.29, 0.717) is 36.9 Å². The van der Waals surface area contributed by atoms with Crippen LogP contribution >= 0.6 is 0 Å². The van der Waals surface area contributed by atoms with E-state index in [2.05, 4.69) is 25.0 Å². The van der Waals surface area contributed by atoms with Gasteiger partial charge in [-0.1, -0.05) is 30.3 Å². The molecule has 9 nitrogen and oxygen atoms in total. The molecule has 0 saturated heterocycles. The van der Waals surface area contributed by atoms with Gasteiger partial charge >= 0.3 is 0 Å². The minimum Gasteiger partial charge on any atom is -0.380 e. The van der Waals surface area contributed by atoms with E-state index in [1.807, 2.05) is 42.5 Å². The number of hydrogen-bond acceptors (Lipinski definition) is 9. The topological polar surface area (TPSA) is 134 Å². The zero-order valence-electron chi connectivity index (χ0n) is 17.5. The molecule has 0 bridgehead atoms. The molecule has 0 aliphatic rings. The Labute approximate surface area is 180 Å². The number of nitrogens with two attached hydrogens (primary N) is 2. The fourth-order valence-corrected chi connectivity index (χ4v) is 3.02. The van der Waals surface area contributed by atoms with Crippen molar-refractivity contribution in [3.8, 4) is 11.3 Å². The van der Waals surface area contributed by atoms with Gasteiger partial charge < -0.3 is 21.1 Å². The van der Waals surface area contributed by atoms with Gasteiger partial charge in [0.25, 0.3) is 0 Å². The predicted molar refractivity (Wildman–Crippen MR) is 120 cm³/mol. The Hall–Kier alpha value is -3.69. The fourth-order valence-electron chi connectivity index (χ4n) is 3.02. The lowest BCUT2D eigenvalue weighted by Gasteiger charge is -2.10. The van der Waals surface area contributed by atoms with Crippen LogP contribution in [0.1, 0.15) is 22.6 Å². The summed E-state index contributed by atoms with van der Waals surface area (Å²) < 4.78 is 10.4. The Morgan fingerprint density at radius 3 is 2.52 bits per heavy atom. The van der Waals surface area contributed by atoms with Crippen molar-refractivity contribution in [1.29, 1.82) is 0 Å². The number of benzene rings is 1. The minimum absolute atomic E-state index is 0.114. The monoisotopic (exact) mass is 419 g/mol. The Balaban J connectivity index is 1.84. The summed E-state index contributed by atoms with van der Waals surface area (Å²) >= 11 is 0. The summed E-state index contributed by atoms with van der Waals surface area (Å²) in [5.74, 6) is 5.72. The first-order chi connectivity index (χ1) is 15.1. The Kier molecular flexibility index (Phi) is 7.74. The van der Waals surface area contributed by atoms with Crippen LogP contribution in [0.2, 0.25) is 0 Å². The molecule has 0 fully saturated rings. The van der Waals surface area contributed by atoms with Crippen molar-refractivity contribution in [1.82, 2.24) is 15.0 Å². The molecule has 4 N–H and O–H groups in total. The van der Waals surface area contributed by atoms with E-state index in [9.17, 15) is 0 Å². The molecule has 0 amide bonds. The maximum Gasteiger partial charge on any atom is 0.221 e. The third-order valence-electron chi connectivity index (χ3n) is 4.36. The number of aliphatic imine (C=N–C) groups is 1. The fraction of sp³-hybridized carbons (Fsp3) is 0.227. The maximum atomic E-state index is 5.96. The second-order valence-corrected chi connectivity index (χ2v) is 6.62. The molecule has 0 spiro atoms. The molecule has 0 saturated carbocycles. The Bertz CT molecular complexity index is 1080. The highest BCUT2D eigenvalue weighted by Crippen LogP contribution is 2.24. The summed E-state index contributed by atoms with van der Waals surface area (Å²) in [6.07, 6.45) is 1.55. The molecule has 3 aromatic rings. The largest absolute Gasteiger partial charge is 0.380 e. The van der Waals surface area contributed by atoms with Gasteiger partial charge in [0, 0.05) is 19.8 Å². The number of methoxy groups -OCH3 is 2. The second kappa shape index (κ2) is 10.9. The van der Waals surface area contributed by atoms with Gasteiger partial charge in [-0.15, -0.1) is 0 Å². The molecule has 0 unspecified atom stereocenters. The van der Waals surface area contributed by atoms with Crippen LogP contribution in [0.25, 0.3) is 11.3 Å². The van der Waals surface area contributed by atoms with Gasteiger partial charge in [-0.25, -0.2) is 9.97 Å². The van der Waals surface area contributed by atoms with Gasteiger partial charge in [-0.3, -0.25) is 9.98 Å². The predicted octanol–water partition coefficient (Wildman–Crippen LogP) is 2.35. The molecule has 0 aliphatic carbocycles. The molecule has 9 heteroatoms. The van der Waals surface area contributed by atoms with Crippen LogP contribution in [0, 0.1) is 0 Å². The quantitative estimate of drug-likeness (QED) is 0.309. The van der Waals surface area contributed by atoms with E-state index in [1.165, 1.54) is 0 Å². The number of nitrogens with zero attached hydrogens (tertiary/aromatic N) is 5. The van der Waals surface area contributed by atoms with Gasteiger partial charge in [0.2, 0.25) is 5.95 Å². The highest BCUT2D eigenvalue weighted by molar-refractivity contribution is 6.37. The second-order valence-electron chi connectivity index (χ2n) is 6.62. The van der Waals surface area contributed by atoms with Crippen molar-refractivity contribution in [3.05, 3.63) is 71.2 Å². The SMILES string of the molecule is COCc1cccc(CN=CC(=NN)c2cc(-c3ccccc3COC)nc(N)n2)n1. The van der Waals surface area contributed by atoms with E-state index in [1.54, 1.807) is 26.5 Å². The molecule has 31 heavy (non-hydrogen) atoms. The maximum absolute atomic E-state index is 5.96. The van der Waals surface area contributed by atoms with Crippen molar-refractivity contribution >= 4 is 17.9 Å². The molecule has 2 heterocycles. The molecule has 0 aliphatic heterocycles. The number of aromatic nitrogens is 3. The van der Waals surface area contributed by atoms with Crippen LogP contribution in [-0.4, -0.2) is 41.1 Å². The first kappa shape index (κ1) is 22.0. The van der Waals surface area contributed by atoms with Crippen molar-refractivity contribution in [3.63, 3.8) is 0 Å². The summed E-state index contributed by atoms with van der Waals surface area (Å²) in [4.78, 5) is 17.5. The third kappa shape index (κ3) is 5.91. The number of hydrogen-bond donors (Lipinski definition) is 2. The van der Waals surface area contributed by atoms with E-state index in [4.69, 9.17) is 21.1 Å². The molecule has 160 valence electrons. The van der Waals surface area contributed by atoms with Gasteiger partial charge in [0.05, 0.1) is 48.7 Å². The number of nitrogen functional groups attached to an aromatic ring is 1. The number of hydrazone groups is 1. The highest BCUT2D eigenvalue weighted by atomic mass is 16.5. The molecule has 2 aromatic heterocycles. The van der Waals surface area contributed by atoms with Crippen molar-refractivity contribution < 1.29 is 9.47 Å². The standard InChI is InChI=1S/C22H25N7O2/c1-30-13-15-6-3-4-9-18(15)19-10-20(28-22(23)27-19)21(29-24)12-25-11-16-7-5-8-17(26-16)14-31-2/h3-10,12H,11,13-14,24H2,1-2H3,(H2,23,27,28). The average molecular weight is 419 g/mol. The zero-order valence-corrected chi connectivity index (χ0v) is 17.5. The lowest BCUT2D eigenvalue weighted by Crippen LogP contribution is -2.12. The molecule has 3 rings (SSSR count). The van der Waals surface area contributed by atoms with Crippen molar-refractivity contribution in [2.45, 2.75) is 19.8 Å². The molecule has 0 atom stereocenters. The van der Waals surface area contributed by atoms with Crippen LogP contribution in [-0.2, 0) is 29.2 Å². The van der Waals surface area contributed by atoms with E-state index in [-0.39, 0.29) is 5.95 Å². The number of pyridine rings is 1. The van der Waals surface area contributed by atoms with Gasteiger partial charge in [0.15, 0.2) is 0 Å². The molecule has 1 aromatic carbocycles. The number of ether oxygens (including phenoxy) is 2. The third-order valence-corrected chi connectivity index (χ3v) is 4.36. The first-order valence-electron chi connectivity index (χ1n) is 9.58. The zero-order chi connectivity index (χ0) is 22.1. The molecular formula is C22H25N7O2. The highest BCUT2D eigenvalue weighted by Gasteiger charge is 2.12. The average Bonchev–Trinajstić information content (AvgIpc) is 2.77. The minimum atomic E-state index is 0.114. The van der Waals surface area contributed by atoms with Gasteiger partial charge in [-0.05, 0) is 23.8 Å². The lowest BCUT2D eigenvalue weighted by atomic mass is 10.0. The van der Waals surface area contributed by atoms with E-state index in [0.717, 1.165) is 22.5 Å². The summed E-state index contributed by atoms with van der Waals surface area (Å²) in [5, 5.41) is 3.83. The van der Waals surface area contributed by atoms with Gasteiger partial charge in [0.1, 0.15) is 5.71 Å². The summed E-state index contributed by atoms with van der Waals surface area (Å²) in [7, 11) is 3.28. The van der Waals surface area contributed by atoms with Crippen molar-refractivity contribution in [2.24, 2.45) is 15.9 Å². The van der Waals surface area contributed by atoms with Crippen LogP contribution in [0.5, 0.6) is 0 Å². The van der Waals surface area contributed by atoms with Crippen LogP contribution in [0.15, 0.2) is 58.6 Å². The molecular weight excluding hydrogens is 394 g/mol. The van der Waals surface area contributed by atoms with Crippen LogP contribution in [0.3, 0.4) is 0 Å². The Morgan fingerprint density at radius 1 is 0.968 bits per heavy atom. The lowest BCUT2D eigenvalue weighted by molar-refractivity contribution is 0.181. The van der Waals surface area contributed by atoms with Crippen molar-refractivity contribution in [2.75, 3.05) is 20.0 Å². The normalized spacial score (nSPS) is 11.9. The van der Waals surface area contributed by atoms with Gasteiger partial charge in [-0.2, -0.15) is 5.10 Å². The number of anilines is 1. The summed E-state index contributed by atoms with van der Waals surface area (Å²) in [5.41, 5.74) is 11.0. The smallest absolute Gasteiger partial charge is 0.221 e. The van der Waals surface area contributed by atoms with E-state index >= 15 is 0 Å². The number of rotatable bonds is 9. The van der Waals surface area contributed by atoms with Crippen LogP contribution in [0.4, 0.5) is 5.95 Å². The first-order valence-corrected chi connectivity index (χ1v) is 9.58. The van der Waals surface area contributed by atoms with E-state index < -0.39 is 0 Å². The summed E-state index contributed by atoms with van der Waals surface area (Å²) in [6.45, 7) is 1.26. The van der Waals surface area contributed by atoms with Crippen LogP contribution < -0.4 is 11.6 Å².